The van der Waals surface area contributed by atoms with Gasteiger partial charge in [-0.2, -0.15) is 4.98 Å². The molecule has 1 aromatic heterocycles. The molecule has 2 N–H and O–H groups in total. The topological polar surface area (TPSA) is 64.9 Å². The molecule has 0 atom stereocenters. The third-order valence-electron chi connectivity index (χ3n) is 3.97. The maximum Gasteiger partial charge on any atom is 0.234 e. The molecule has 0 aliphatic carbocycles. The van der Waals surface area contributed by atoms with Crippen LogP contribution in [0.4, 0.5) is 0 Å². The lowest BCUT2D eigenvalue weighted by molar-refractivity contribution is 0.222. The van der Waals surface area contributed by atoms with Crippen molar-refractivity contribution in [3.63, 3.8) is 0 Å². The molecule has 0 aliphatic rings. The molecule has 2 rings (SSSR count). The van der Waals surface area contributed by atoms with Crippen molar-refractivity contribution < 1.29 is 4.52 Å². The van der Waals surface area contributed by atoms with E-state index in [-0.39, 0.29) is 5.41 Å². The van der Waals surface area contributed by atoms with Gasteiger partial charge < -0.3 is 10.3 Å². The van der Waals surface area contributed by atoms with Gasteiger partial charge in [-0.3, -0.25) is 0 Å². The first kappa shape index (κ1) is 16.0. The van der Waals surface area contributed by atoms with Crippen LogP contribution in [0.2, 0.25) is 0 Å². The molecule has 0 amide bonds. The van der Waals surface area contributed by atoms with Gasteiger partial charge in [-0.25, -0.2) is 0 Å². The molecule has 1 heterocycles. The van der Waals surface area contributed by atoms with Gasteiger partial charge in [0.2, 0.25) is 5.89 Å². The van der Waals surface area contributed by atoms with Crippen LogP contribution in [0.3, 0.4) is 0 Å². The molecule has 0 unspecified atom stereocenters. The van der Waals surface area contributed by atoms with E-state index < -0.39 is 5.54 Å². The average Bonchev–Trinajstić information content (AvgIpc) is 2.84. The highest BCUT2D eigenvalue weighted by Crippen LogP contribution is 2.32. The Kier molecular flexibility index (Phi) is 4.44. The van der Waals surface area contributed by atoms with Crippen LogP contribution in [0.15, 0.2) is 33.7 Å². The van der Waals surface area contributed by atoms with Crippen molar-refractivity contribution in [2.75, 3.05) is 0 Å². The van der Waals surface area contributed by atoms with Crippen LogP contribution in [0.5, 0.6) is 0 Å². The minimum absolute atomic E-state index is 0.369. The van der Waals surface area contributed by atoms with Gasteiger partial charge in [0.1, 0.15) is 0 Å². The molecule has 2 aromatic rings. The summed E-state index contributed by atoms with van der Waals surface area (Å²) in [4.78, 5) is 5.72. The van der Waals surface area contributed by atoms with Gasteiger partial charge in [0.15, 0.2) is 5.82 Å². The standard InChI is InChI=1S/C16H23N3OS/c1-11-7-6-8-12(9-11)21-10-13-18-14(20-19-13)15(2,3)16(4,5)17/h6-9H,10,17H2,1-5H3. The Morgan fingerprint density at radius 1 is 1.24 bits per heavy atom. The van der Waals surface area contributed by atoms with Gasteiger partial charge in [0.05, 0.1) is 11.2 Å². The van der Waals surface area contributed by atoms with Gasteiger partial charge in [-0.1, -0.05) is 22.9 Å². The largest absolute Gasteiger partial charge is 0.339 e. The fourth-order valence-electron chi connectivity index (χ4n) is 1.70. The first-order valence-electron chi connectivity index (χ1n) is 7.01. The molecule has 0 saturated heterocycles. The van der Waals surface area contributed by atoms with E-state index in [1.807, 2.05) is 27.7 Å². The van der Waals surface area contributed by atoms with Crippen LogP contribution in [0.25, 0.3) is 0 Å². The smallest absolute Gasteiger partial charge is 0.234 e. The quantitative estimate of drug-likeness (QED) is 0.854. The van der Waals surface area contributed by atoms with Crippen LogP contribution in [0, 0.1) is 6.92 Å². The van der Waals surface area contributed by atoms with Crippen molar-refractivity contribution >= 4 is 11.8 Å². The normalized spacial score (nSPS) is 12.7. The Labute approximate surface area is 130 Å². The lowest BCUT2D eigenvalue weighted by Gasteiger charge is -2.34. The number of hydrogen-bond acceptors (Lipinski definition) is 5. The molecule has 0 spiro atoms. The van der Waals surface area contributed by atoms with Crippen molar-refractivity contribution in [1.82, 2.24) is 10.1 Å². The summed E-state index contributed by atoms with van der Waals surface area (Å²) in [7, 11) is 0. The summed E-state index contributed by atoms with van der Waals surface area (Å²) >= 11 is 1.70. The van der Waals surface area contributed by atoms with Gasteiger partial charge in [-0.15, -0.1) is 11.8 Å². The van der Waals surface area contributed by atoms with Crippen LogP contribution >= 0.6 is 11.8 Å². The van der Waals surface area contributed by atoms with Crippen LogP contribution in [-0.2, 0) is 11.2 Å². The number of hydrogen-bond donors (Lipinski definition) is 1. The van der Waals surface area contributed by atoms with Gasteiger partial charge in [-0.05, 0) is 46.8 Å². The molecule has 21 heavy (non-hydrogen) atoms. The third kappa shape index (κ3) is 3.66. The van der Waals surface area contributed by atoms with E-state index in [0.717, 1.165) is 0 Å². The molecule has 0 saturated carbocycles. The lowest BCUT2D eigenvalue weighted by Crippen LogP contribution is -2.50. The van der Waals surface area contributed by atoms with Crippen molar-refractivity contribution in [3.05, 3.63) is 41.5 Å². The van der Waals surface area contributed by atoms with Crippen molar-refractivity contribution in [2.24, 2.45) is 5.73 Å². The summed E-state index contributed by atoms with van der Waals surface area (Å²) < 4.78 is 5.41. The summed E-state index contributed by atoms with van der Waals surface area (Å²) in [6.07, 6.45) is 0. The monoisotopic (exact) mass is 305 g/mol. The Balaban J connectivity index is 2.07. The Morgan fingerprint density at radius 3 is 2.57 bits per heavy atom. The number of nitrogens with zero attached hydrogens (tertiary/aromatic N) is 2. The second-order valence-corrected chi connectivity index (χ2v) is 7.52. The van der Waals surface area contributed by atoms with E-state index in [2.05, 4.69) is 41.3 Å². The van der Waals surface area contributed by atoms with E-state index in [4.69, 9.17) is 10.3 Å². The average molecular weight is 305 g/mol. The molecular formula is C16H23N3OS. The molecular weight excluding hydrogens is 282 g/mol. The van der Waals surface area contributed by atoms with Gasteiger partial charge in [0.25, 0.3) is 0 Å². The fourth-order valence-corrected chi connectivity index (χ4v) is 2.55. The Bertz CT molecular complexity index is 614. The second-order valence-electron chi connectivity index (χ2n) is 6.47. The van der Waals surface area contributed by atoms with Gasteiger partial charge in [0, 0.05) is 10.4 Å². The van der Waals surface area contributed by atoms with Crippen LogP contribution < -0.4 is 5.73 Å². The zero-order chi connectivity index (χ0) is 15.7. The number of aryl methyl sites for hydroxylation is 1. The fraction of sp³-hybridized carbons (Fsp3) is 0.500. The predicted molar refractivity (Wildman–Crippen MR) is 86.3 cm³/mol. The van der Waals surface area contributed by atoms with E-state index in [0.29, 0.717) is 17.5 Å². The van der Waals surface area contributed by atoms with Gasteiger partial charge >= 0.3 is 0 Å². The molecule has 0 aliphatic heterocycles. The zero-order valence-corrected chi connectivity index (χ0v) is 14.1. The number of nitrogens with two attached hydrogens (primary N) is 1. The minimum Gasteiger partial charge on any atom is -0.339 e. The van der Waals surface area contributed by atoms with E-state index >= 15 is 0 Å². The predicted octanol–water partition coefficient (Wildman–Crippen LogP) is 3.69. The molecule has 114 valence electrons. The maximum atomic E-state index is 6.20. The van der Waals surface area contributed by atoms with E-state index in [1.54, 1.807) is 11.8 Å². The summed E-state index contributed by atoms with van der Waals surface area (Å²) in [5.74, 6) is 1.98. The summed E-state index contributed by atoms with van der Waals surface area (Å²) in [5.41, 5.74) is 6.65. The molecule has 0 radical (unpaired) electrons. The van der Waals surface area contributed by atoms with Crippen molar-refractivity contribution in [1.29, 1.82) is 0 Å². The zero-order valence-electron chi connectivity index (χ0n) is 13.3. The Morgan fingerprint density at radius 2 is 1.95 bits per heavy atom. The van der Waals surface area contributed by atoms with E-state index in [1.165, 1.54) is 10.5 Å². The highest BCUT2D eigenvalue weighted by Gasteiger charge is 2.40. The number of rotatable bonds is 5. The van der Waals surface area contributed by atoms with Crippen molar-refractivity contribution in [2.45, 2.75) is 56.2 Å². The lowest BCUT2D eigenvalue weighted by atomic mass is 9.75. The highest BCUT2D eigenvalue weighted by atomic mass is 32.2. The molecule has 5 heteroatoms. The molecule has 4 nitrogen and oxygen atoms in total. The van der Waals surface area contributed by atoms with E-state index in [9.17, 15) is 0 Å². The summed E-state index contributed by atoms with van der Waals surface area (Å²) in [6.45, 7) is 10.1. The first-order chi connectivity index (χ1) is 9.70. The molecule has 0 bridgehead atoms. The minimum atomic E-state index is -0.430. The maximum absolute atomic E-state index is 6.20. The van der Waals surface area contributed by atoms with Crippen LogP contribution in [0.1, 0.15) is 45.0 Å². The molecule has 1 aromatic carbocycles. The summed E-state index contributed by atoms with van der Waals surface area (Å²) in [5, 5.41) is 4.07. The Hall–Kier alpha value is -1.33. The second kappa shape index (κ2) is 5.81. The van der Waals surface area contributed by atoms with Crippen LogP contribution in [-0.4, -0.2) is 15.7 Å². The third-order valence-corrected chi connectivity index (χ3v) is 4.96. The number of aromatic nitrogens is 2. The van der Waals surface area contributed by atoms with Crippen molar-refractivity contribution in [3.8, 4) is 0 Å². The first-order valence-corrected chi connectivity index (χ1v) is 8.00. The SMILES string of the molecule is Cc1cccc(SCc2noc(C(C)(C)C(C)(C)N)n2)c1. The number of benzene rings is 1. The highest BCUT2D eigenvalue weighted by molar-refractivity contribution is 7.98. The molecule has 0 fully saturated rings. The summed E-state index contributed by atoms with van der Waals surface area (Å²) in [6, 6.07) is 8.38. The number of thioether (sulfide) groups is 1.